The van der Waals surface area contributed by atoms with Crippen molar-refractivity contribution >= 4 is 28.5 Å². The Balaban J connectivity index is 1.49. The SMILES string of the molecule is Cc1cccc2c(=O)n(CCC(=O)OCC(=O)N(C)Cc3ccc(N(C)C)cc3)cnc12. The van der Waals surface area contributed by atoms with Gasteiger partial charge in [-0.3, -0.25) is 19.0 Å². The lowest BCUT2D eigenvalue weighted by Gasteiger charge is -2.18. The van der Waals surface area contributed by atoms with E-state index in [1.165, 1.54) is 15.8 Å². The summed E-state index contributed by atoms with van der Waals surface area (Å²) >= 11 is 0. The van der Waals surface area contributed by atoms with E-state index < -0.39 is 5.97 Å². The average Bonchev–Trinajstić information content (AvgIpc) is 2.77. The minimum absolute atomic E-state index is 0.0259. The second-order valence-corrected chi connectivity index (χ2v) is 7.94. The van der Waals surface area contributed by atoms with Crippen LogP contribution >= 0.6 is 0 Å². The lowest BCUT2D eigenvalue weighted by molar-refractivity contribution is -0.151. The molecule has 0 radical (unpaired) electrons. The van der Waals surface area contributed by atoms with Gasteiger partial charge in [0, 0.05) is 39.9 Å². The van der Waals surface area contributed by atoms with Crippen molar-refractivity contribution in [2.75, 3.05) is 32.6 Å². The number of carbonyl (C=O) groups excluding carboxylic acids is 2. The number of likely N-dealkylation sites (N-methyl/N-ethyl adjacent to an activating group) is 1. The maximum Gasteiger partial charge on any atom is 0.308 e. The Bertz CT molecular complexity index is 1170. The third-order valence-electron chi connectivity index (χ3n) is 5.27. The molecule has 1 aromatic heterocycles. The van der Waals surface area contributed by atoms with E-state index in [-0.39, 0.29) is 31.0 Å². The zero-order chi connectivity index (χ0) is 23.3. The van der Waals surface area contributed by atoms with Crippen molar-refractivity contribution in [3.63, 3.8) is 0 Å². The number of nitrogens with zero attached hydrogens (tertiary/aromatic N) is 4. The van der Waals surface area contributed by atoms with E-state index in [1.807, 2.05) is 56.3 Å². The summed E-state index contributed by atoms with van der Waals surface area (Å²) in [5, 5.41) is 0.510. The number of para-hydroxylation sites is 1. The first kappa shape index (κ1) is 23.0. The Morgan fingerprint density at radius 2 is 1.78 bits per heavy atom. The van der Waals surface area contributed by atoms with Gasteiger partial charge < -0.3 is 14.5 Å². The van der Waals surface area contributed by atoms with Crippen molar-refractivity contribution < 1.29 is 14.3 Å². The molecule has 0 fully saturated rings. The molecule has 8 heteroatoms. The number of anilines is 1. The molecular formula is C24H28N4O4. The number of hydrogen-bond acceptors (Lipinski definition) is 6. The van der Waals surface area contributed by atoms with Gasteiger partial charge in [0.1, 0.15) is 0 Å². The molecule has 0 N–H and O–H groups in total. The Hall–Kier alpha value is -3.68. The molecule has 168 valence electrons. The smallest absolute Gasteiger partial charge is 0.308 e. The van der Waals surface area contributed by atoms with Crippen molar-refractivity contribution in [1.29, 1.82) is 0 Å². The molecule has 0 bridgehead atoms. The van der Waals surface area contributed by atoms with Gasteiger partial charge >= 0.3 is 5.97 Å². The Kier molecular flexibility index (Phi) is 7.25. The quantitative estimate of drug-likeness (QED) is 0.504. The van der Waals surface area contributed by atoms with Crippen LogP contribution in [-0.2, 0) is 27.4 Å². The number of esters is 1. The third-order valence-corrected chi connectivity index (χ3v) is 5.27. The Morgan fingerprint density at radius 3 is 2.47 bits per heavy atom. The van der Waals surface area contributed by atoms with E-state index in [1.54, 1.807) is 19.2 Å². The van der Waals surface area contributed by atoms with E-state index >= 15 is 0 Å². The zero-order valence-corrected chi connectivity index (χ0v) is 18.9. The molecule has 0 unspecified atom stereocenters. The third kappa shape index (κ3) is 5.51. The molecule has 32 heavy (non-hydrogen) atoms. The summed E-state index contributed by atoms with van der Waals surface area (Å²) in [5.74, 6) is -0.839. The van der Waals surface area contributed by atoms with E-state index in [9.17, 15) is 14.4 Å². The molecule has 0 atom stereocenters. The van der Waals surface area contributed by atoms with E-state index in [4.69, 9.17) is 4.74 Å². The van der Waals surface area contributed by atoms with Crippen molar-refractivity contribution in [1.82, 2.24) is 14.5 Å². The molecule has 3 rings (SSSR count). The standard InChI is InChI=1S/C24H28N4O4/c1-17-6-5-7-20-23(17)25-16-28(24(20)31)13-12-22(30)32-15-21(29)27(4)14-18-8-10-19(11-9-18)26(2)3/h5-11,16H,12-15H2,1-4H3. The number of aromatic nitrogens is 2. The minimum atomic E-state index is -0.543. The average molecular weight is 437 g/mol. The molecule has 0 aliphatic heterocycles. The van der Waals surface area contributed by atoms with Gasteiger partial charge in [-0.2, -0.15) is 0 Å². The number of hydrogen-bond donors (Lipinski definition) is 0. The first-order chi connectivity index (χ1) is 15.3. The highest BCUT2D eigenvalue weighted by atomic mass is 16.5. The van der Waals surface area contributed by atoms with Crippen LogP contribution in [0.5, 0.6) is 0 Å². The topological polar surface area (TPSA) is 84.7 Å². The summed E-state index contributed by atoms with van der Waals surface area (Å²) in [6.07, 6.45) is 1.41. The number of benzene rings is 2. The highest BCUT2D eigenvalue weighted by Crippen LogP contribution is 2.14. The van der Waals surface area contributed by atoms with Crippen molar-refractivity contribution in [2.24, 2.45) is 0 Å². The van der Waals surface area contributed by atoms with Crippen molar-refractivity contribution in [3.05, 3.63) is 70.3 Å². The number of carbonyl (C=O) groups is 2. The number of fused-ring (bicyclic) bond motifs is 1. The summed E-state index contributed by atoms with van der Waals surface area (Å²) in [5.41, 5.74) is 3.43. The second-order valence-electron chi connectivity index (χ2n) is 7.94. The van der Waals surface area contributed by atoms with Gasteiger partial charge in [-0.1, -0.05) is 24.3 Å². The van der Waals surface area contributed by atoms with Crippen LogP contribution in [0.3, 0.4) is 0 Å². The van der Waals surface area contributed by atoms with Crippen LogP contribution in [0.1, 0.15) is 17.5 Å². The van der Waals surface area contributed by atoms with Gasteiger partial charge in [0.2, 0.25) is 0 Å². The fraction of sp³-hybridized carbons (Fsp3) is 0.333. The molecule has 0 aliphatic carbocycles. The van der Waals surface area contributed by atoms with Gasteiger partial charge in [0.05, 0.1) is 23.7 Å². The largest absolute Gasteiger partial charge is 0.456 e. The fourth-order valence-electron chi connectivity index (χ4n) is 3.29. The summed E-state index contributed by atoms with van der Waals surface area (Å²) in [7, 11) is 5.60. The zero-order valence-electron chi connectivity index (χ0n) is 18.9. The monoisotopic (exact) mass is 436 g/mol. The van der Waals surface area contributed by atoms with Crippen LogP contribution in [0.25, 0.3) is 10.9 Å². The van der Waals surface area contributed by atoms with Gasteiger partial charge in [0.25, 0.3) is 11.5 Å². The molecule has 0 aliphatic rings. The maximum absolute atomic E-state index is 12.6. The lowest BCUT2D eigenvalue weighted by Crippen LogP contribution is -2.31. The number of aryl methyl sites for hydroxylation is 2. The molecule has 0 saturated carbocycles. The number of amides is 1. The Labute approximate surface area is 187 Å². The van der Waals surface area contributed by atoms with Crippen LogP contribution in [0.2, 0.25) is 0 Å². The molecular weight excluding hydrogens is 408 g/mol. The summed E-state index contributed by atoms with van der Waals surface area (Å²) < 4.78 is 6.49. The predicted molar refractivity (Wildman–Crippen MR) is 124 cm³/mol. The van der Waals surface area contributed by atoms with Crippen LogP contribution < -0.4 is 10.5 Å². The number of rotatable bonds is 8. The van der Waals surface area contributed by atoms with Crippen LogP contribution in [-0.4, -0.2) is 54.1 Å². The van der Waals surface area contributed by atoms with Gasteiger partial charge in [-0.05, 0) is 36.2 Å². The Morgan fingerprint density at radius 1 is 1.06 bits per heavy atom. The molecule has 0 saturated heterocycles. The van der Waals surface area contributed by atoms with Gasteiger partial charge in [0.15, 0.2) is 6.61 Å². The van der Waals surface area contributed by atoms with E-state index in [0.717, 1.165) is 16.8 Å². The van der Waals surface area contributed by atoms with Gasteiger partial charge in [-0.25, -0.2) is 4.98 Å². The summed E-state index contributed by atoms with van der Waals surface area (Å²) in [6, 6.07) is 13.3. The molecule has 3 aromatic rings. The predicted octanol–water partition coefficient (Wildman–Crippen LogP) is 2.36. The second kappa shape index (κ2) is 10.1. The minimum Gasteiger partial charge on any atom is -0.456 e. The van der Waals surface area contributed by atoms with Crippen molar-refractivity contribution in [2.45, 2.75) is 26.4 Å². The van der Waals surface area contributed by atoms with Crippen LogP contribution in [0.4, 0.5) is 5.69 Å². The first-order valence-electron chi connectivity index (χ1n) is 10.4. The molecule has 1 heterocycles. The van der Waals surface area contributed by atoms with Crippen molar-refractivity contribution in [3.8, 4) is 0 Å². The maximum atomic E-state index is 12.6. The van der Waals surface area contributed by atoms with E-state index in [2.05, 4.69) is 4.98 Å². The summed E-state index contributed by atoms with van der Waals surface area (Å²) in [6.45, 7) is 2.11. The van der Waals surface area contributed by atoms with Crippen LogP contribution in [0, 0.1) is 6.92 Å². The first-order valence-corrected chi connectivity index (χ1v) is 10.4. The molecule has 8 nitrogen and oxygen atoms in total. The normalized spacial score (nSPS) is 10.8. The highest BCUT2D eigenvalue weighted by molar-refractivity contribution is 5.81. The summed E-state index contributed by atoms with van der Waals surface area (Å²) in [4.78, 5) is 44.8. The lowest BCUT2D eigenvalue weighted by atomic mass is 10.1. The molecule has 2 aromatic carbocycles. The van der Waals surface area contributed by atoms with Gasteiger partial charge in [-0.15, -0.1) is 0 Å². The van der Waals surface area contributed by atoms with E-state index in [0.29, 0.717) is 17.4 Å². The fourth-order valence-corrected chi connectivity index (χ4v) is 3.29. The molecule has 1 amide bonds. The highest BCUT2D eigenvalue weighted by Gasteiger charge is 2.14. The van der Waals surface area contributed by atoms with Crippen LogP contribution in [0.15, 0.2) is 53.6 Å². The number of ether oxygens (including phenoxy) is 1. The molecule has 0 spiro atoms.